The van der Waals surface area contributed by atoms with Gasteiger partial charge in [0.05, 0.1) is 0 Å². The molecule has 24 heavy (non-hydrogen) atoms. The Labute approximate surface area is 141 Å². The number of hydrogen-bond donors (Lipinski definition) is 1. The van der Waals surface area contributed by atoms with Crippen LogP contribution in [0.2, 0.25) is 0 Å². The second-order valence-electron chi connectivity index (χ2n) is 6.01. The largest absolute Gasteiger partial charge is 0.352 e. The number of fused-ring (bicyclic) bond motifs is 1. The van der Waals surface area contributed by atoms with Gasteiger partial charge in [-0.1, -0.05) is 13.0 Å². The second kappa shape index (κ2) is 6.83. The van der Waals surface area contributed by atoms with Gasteiger partial charge in [0.15, 0.2) is 0 Å². The third kappa shape index (κ3) is 3.30. The van der Waals surface area contributed by atoms with E-state index in [2.05, 4.69) is 16.4 Å². The molecule has 2 amide bonds. The molecular weight excluding hydrogens is 302 g/mol. The van der Waals surface area contributed by atoms with Gasteiger partial charge in [0.2, 0.25) is 11.8 Å². The third-order valence-corrected chi connectivity index (χ3v) is 4.36. The zero-order chi connectivity index (χ0) is 17.1. The van der Waals surface area contributed by atoms with Gasteiger partial charge in [0.25, 0.3) is 0 Å². The van der Waals surface area contributed by atoms with Crippen LogP contribution in [0.3, 0.4) is 0 Å². The van der Waals surface area contributed by atoms with E-state index in [-0.39, 0.29) is 11.8 Å². The van der Waals surface area contributed by atoms with E-state index in [0.717, 1.165) is 28.8 Å². The van der Waals surface area contributed by atoms with E-state index in [9.17, 15) is 9.59 Å². The maximum Gasteiger partial charge on any atom is 0.227 e. The van der Waals surface area contributed by atoms with Gasteiger partial charge in [-0.25, -0.2) is 0 Å². The molecule has 0 unspecified atom stereocenters. The van der Waals surface area contributed by atoms with Crippen LogP contribution in [0, 0.1) is 0 Å². The fourth-order valence-corrected chi connectivity index (χ4v) is 2.90. The van der Waals surface area contributed by atoms with Crippen molar-refractivity contribution >= 4 is 17.5 Å². The molecule has 1 aliphatic rings. The summed E-state index contributed by atoms with van der Waals surface area (Å²) in [6.07, 6.45) is 5.39. The Balaban J connectivity index is 1.84. The molecule has 1 aromatic carbocycles. The molecule has 0 spiro atoms. The van der Waals surface area contributed by atoms with Crippen LogP contribution in [-0.4, -0.2) is 23.8 Å². The summed E-state index contributed by atoms with van der Waals surface area (Å²) in [6, 6.07) is 8.18. The molecule has 1 aliphatic heterocycles. The summed E-state index contributed by atoms with van der Waals surface area (Å²) in [5.74, 6) is 0.187. The van der Waals surface area contributed by atoms with Crippen molar-refractivity contribution in [1.29, 1.82) is 0 Å². The van der Waals surface area contributed by atoms with Crippen LogP contribution in [0.1, 0.15) is 30.9 Å². The molecule has 0 bridgehead atoms. The Hall–Kier alpha value is -2.69. The molecule has 3 rings (SSSR count). The van der Waals surface area contributed by atoms with Gasteiger partial charge < -0.3 is 10.2 Å². The zero-order valence-electron chi connectivity index (χ0n) is 14.0. The Morgan fingerprint density at radius 2 is 2.04 bits per heavy atom. The SMILES string of the molecule is CCC(=O)NCc1cncc(-c2ccc3c(c2)CCC(=O)N3C)c1. The van der Waals surface area contributed by atoms with E-state index in [4.69, 9.17) is 0 Å². The highest BCUT2D eigenvalue weighted by molar-refractivity contribution is 5.96. The number of pyridine rings is 1. The quantitative estimate of drug-likeness (QED) is 0.941. The molecule has 124 valence electrons. The maximum absolute atomic E-state index is 11.8. The van der Waals surface area contributed by atoms with Crippen molar-refractivity contribution in [2.75, 3.05) is 11.9 Å². The normalized spacial score (nSPS) is 13.6. The van der Waals surface area contributed by atoms with E-state index in [1.165, 1.54) is 5.56 Å². The van der Waals surface area contributed by atoms with E-state index in [1.54, 1.807) is 11.1 Å². The van der Waals surface area contributed by atoms with Gasteiger partial charge in [-0.3, -0.25) is 14.6 Å². The number of nitrogens with zero attached hydrogens (tertiary/aromatic N) is 2. The highest BCUT2D eigenvalue weighted by Gasteiger charge is 2.20. The van der Waals surface area contributed by atoms with Crippen LogP contribution in [0.15, 0.2) is 36.7 Å². The number of benzene rings is 1. The molecule has 0 saturated carbocycles. The van der Waals surface area contributed by atoms with Gasteiger partial charge in [-0.2, -0.15) is 0 Å². The molecule has 0 atom stereocenters. The van der Waals surface area contributed by atoms with Crippen LogP contribution >= 0.6 is 0 Å². The van der Waals surface area contributed by atoms with Gasteiger partial charge >= 0.3 is 0 Å². The second-order valence-corrected chi connectivity index (χ2v) is 6.01. The first kappa shape index (κ1) is 16.2. The van der Waals surface area contributed by atoms with Crippen LogP contribution in [0.25, 0.3) is 11.1 Å². The molecule has 5 nitrogen and oxygen atoms in total. The van der Waals surface area contributed by atoms with Crippen molar-refractivity contribution in [3.05, 3.63) is 47.8 Å². The summed E-state index contributed by atoms with van der Waals surface area (Å²) < 4.78 is 0. The number of nitrogens with one attached hydrogen (secondary N) is 1. The van der Waals surface area contributed by atoms with Crippen LogP contribution in [-0.2, 0) is 22.6 Å². The first-order valence-electron chi connectivity index (χ1n) is 8.19. The van der Waals surface area contributed by atoms with Crippen molar-refractivity contribution in [2.45, 2.75) is 32.7 Å². The summed E-state index contributed by atoms with van der Waals surface area (Å²) in [5.41, 5.74) is 5.22. The minimum Gasteiger partial charge on any atom is -0.352 e. The van der Waals surface area contributed by atoms with E-state index >= 15 is 0 Å². The number of rotatable bonds is 4. The minimum absolute atomic E-state index is 0.0295. The number of carbonyl (C=O) groups excluding carboxylic acids is 2. The Kier molecular flexibility index (Phi) is 4.60. The summed E-state index contributed by atoms with van der Waals surface area (Å²) in [4.78, 5) is 29.2. The van der Waals surface area contributed by atoms with Gasteiger partial charge in [-0.15, -0.1) is 0 Å². The van der Waals surface area contributed by atoms with Gasteiger partial charge in [0, 0.05) is 50.1 Å². The summed E-state index contributed by atoms with van der Waals surface area (Å²) in [5, 5.41) is 2.86. The fraction of sp³-hybridized carbons (Fsp3) is 0.316. The number of carbonyl (C=O) groups is 2. The highest BCUT2D eigenvalue weighted by Crippen LogP contribution is 2.31. The number of anilines is 1. The number of amides is 2. The molecule has 0 saturated heterocycles. The lowest BCUT2D eigenvalue weighted by Crippen LogP contribution is -2.30. The van der Waals surface area contributed by atoms with E-state index < -0.39 is 0 Å². The predicted molar refractivity (Wildman–Crippen MR) is 93.5 cm³/mol. The van der Waals surface area contributed by atoms with E-state index in [1.807, 2.05) is 38.4 Å². The summed E-state index contributed by atoms with van der Waals surface area (Å²) in [7, 11) is 1.82. The Morgan fingerprint density at radius 1 is 1.21 bits per heavy atom. The van der Waals surface area contributed by atoms with Gasteiger partial charge in [0.1, 0.15) is 0 Å². The number of hydrogen-bond acceptors (Lipinski definition) is 3. The van der Waals surface area contributed by atoms with Crippen molar-refractivity contribution in [1.82, 2.24) is 10.3 Å². The topological polar surface area (TPSA) is 62.3 Å². The number of aromatic nitrogens is 1. The Morgan fingerprint density at radius 3 is 2.83 bits per heavy atom. The first-order chi connectivity index (χ1) is 11.6. The summed E-state index contributed by atoms with van der Waals surface area (Å²) in [6.45, 7) is 2.31. The molecule has 0 fully saturated rings. The third-order valence-electron chi connectivity index (χ3n) is 4.36. The molecule has 1 aromatic heterocycles. The average Bonchev–Trinajstić information content (AvgIpc) is 2.62. The molecule has 2 aromatic rings. The average molecular weight is 323 g/mol. The minimum atomic E-state index is 0.0295. The van der Waals surface area contributed by atoms with Crippen LogP contribution in [0.4, 0.5) is 5.69 Å². The van der Waals surface area contributed by atoms with Crippen LogP contribution < -0.4 is 10.2 Å². The molecule has 5 heteroatoms. The smallest absolute Gasteiger partial charge is 0.227 e. The van der Waals surface area contributed by atoms with Crippen molar-refractivity contribution in [3.8, 4) is 11.1 Å². The molecular formula is C19H21N3O2. The summed E-state index contributed by atoms with van der Waals surface area (Å²) >= 11 is 0. The molecule has 0 aliphatic carbocycles. The lowest BCUT2D eigenvalue weighted by Gasteiger charge is -2.26. The lowest BCUT2D eigenvalue weighted by atomic mass is 9.96. The molecule has 2 heterocycles. The van der Waals surface area contributed by atoms with E-state index in [0.29, 0.717) is 19.4 Å². The molecule has 1 N–H and O–H groups in total. The molecule has 0 radical (unpaired) electrons. The van der Waals surface area contributed by atoms with Crippen molar-refractivity contribution in [2.24, 2.45) is 0 Å². The fourth-order valence-electron chi connectivity index (χ4n) is 2.90. The van der Waals surface area contributed by atoms with Gasteiger partial charge in [-0.05, 0) is 41.3 Å². The van der Waals surface area contributed by atoms with Crippen LogP contribution in [0.5, 0.6) is 0 Å². The Bertz CT molecular complexity index is 786. The lowest BCUT2D eigenvalue weighted by molar-refractivity contribution is -0.121. The maximum atomic E-state index is 11.8. The zero-order valence-corrected chi connectivity index (χ0v) is 14.0. The monoisotopic (exact) mass is 323 g/mol. The highest BCUT2D eigenvalue weighted by atomic mass is 16.2. The standard InChI is InChI=1S/C19H21N3O2/c1-3-18(23)21-11-13-8-16(12-20-10-13)14-4-6-17-15(9-14)5-7-19(24)22(17)2/h4,6,8-10,12H,3,5,7,11H2,1-2H3,(H,21,23). The van der Waals surface area contributed by atoms with Crippen molar-refractivity contribution < 1.29 is 9.59 Å². The predicted octanol–water partition coefficient (Wildman–Crippen LogP) is 2.68. The van der Waals surface area contributed by atoms with Crippen molar-refractivity contribution in [3.63, 3.8) is 0 Å². The first-order valence-corrected chi connectivity index (χ1v) is 8.19. The number of aryl methyl sites for hydroxylation is 1.